The zero-order valence-corrected chi connectivity index (χ0v) is 17.7. The minimum atomic E-state index is -0.611. The summed E-state index contributed by atoms with van der Waals surface area (Å²) in [5.41, 5.74) is 1.76. The zero-order valence-electron chi connectivity index (χ0n) is 17.7. The van der Waals surface area contributed by atoms with Gasteiger partial charge in [-0.2, -0.15) is 0 Å². The predicted octanol–water partition coefficient (Wildman–Crippen LogP) is 3.92. The molecule has 0 saturated carbocycles. The Morgan fingerprint density at radius 1 is 0.935 bits per heavy atom. The van der Waals surface area contributed by atoms with Crippen molar-refractivity contribution >= 4 is 18.0 Å². The summed E-state index contributed by atoms with van der Waals surface area (Å²) >= 11 is 0. The fourth-order valence-electron chi connectivity index (χ4n) is 3.68. The third-order valence-electron chi connectivity index (χ3n) is 5.35. The van der Waals surface area contributed by atoms with Gasteiger partial charge in [0.25, 0.3) is 0 Å². The van der Waals surface area contributed by atoms with E-state index in [1.807, 2.05) is 60.7 Å². The van der Waals surface area contributed by atoms with E-state index in [0.717, 1.165) is 11.1 Å². The van der Waals surface area contributed by atoms with Crippen LogP contribution in [0.2, 0.25) is 0 Å². The molecule has 1 N–H and O–H groups in total. The highest BCUT2D eigenvalue weighted by Gasteiger charge is 2.33. The van der Waals surface area contributed by atoms with Gasteiger partial charge in [0.15, 0.2) is 0 Å². The van der Waals surface area contributed by atoms with Crippen LogP contribution < -0.4 is 5.32 Å². The second-order valence-electron chi connectivity index (χ2n) is 7.66. The summed E-state index contributed by atoms with van der Waals surface area (Å²) in [5.74, 6) is -0.399. The van der Waals surface area contributed by atoms with Crippen LogP contribution in [-0.2, 0) is 27.5 Å². The van der Waals surface area contributed by atoms with Crippen molar-refractivity contribution in [3.05, 3.63) is 71.8 Å². The van der Waals surface area contributed by atoms with Gasteiger partial charge in [0.2, 0.25) is 0 Å². The number of hydrogen-bond acceptors (Lipinski definition) is 5. The van der Waals surface area contributed by atoms with Gasteiger partial charge in [0.1, 0.15) is 19.0 Å². The first kappa shape index (κ1) is 22.3. The van der Waals surface area contributed by atoms with Crippen LogP contribution in [0.25, 0.3) is 0 Å². The molecule has 2 atom stereocenters. The molecule has 0 aromatic heterocycles. The van der Waals surface area contributed by atoms with Gasteiger partial charge in [-0.15, -0.1) is 0 Å². The number of carbonyl (C=O) groups excluding carboxylic acids is 3. The number of nitrogens with one attached hydrogen (secondary N) is 1. The minimum absolute atomic E-state index is 0.0205. The summed E-state index contributed by atoms with van der Waals surface area (Å²) in [6.07, 6.45) is 0.167. The van der Waals surface area contributed by atoms with E-state index in [9.17, 15) is 14.4 Å². The van der Waals surface area contributed by atoms with Gasteiger partial charge in [-0.25, -0.2) is 9.59 Å². The number of Topliss-reactive ketones (excluding diaryl/α,β-unsaturated/α-hetero) is 1. The summed E-state index contributed by atoms with van der Waals surface area (Å²) in [5, 5.41) is 2.79. The molecule has 1 heterocycles. The first-order chi connectivity index (χ1) is 15.0. The molecule has 0 aliphatic carbocycles. The Bertz CT molecular complexity index is 872. The van der Waals surface area contributed by atoms with Crippen molar-refractivity contribution in [2.24, 2.45) is 5.92 Å². The van der Waals surface area contributed by atoms with Crippen LogP contribution in [0.15, 0.2) is 60.7 Å². The summed E-state index contributed by atoms with van der Waals surface area (Å²) in [4.78, 5) is 38.7. The standard InChI is InChI=1S/C24H28N2O5/c1-18(27)21-13-8-14-26(24(29)31-17-20-11-6-3-7-12-20)15-22(21)25-23(28)30-16-19-9-4-2-5-10-19/h2-7,9-12,21-22H,8,13-17H2,1H3,(H,25,28). The quantitative estimate of drug-likeness (QED) is 0.760. The molecule has 0 radical (unpaired) electrons. The van der Waals surface area contributed by atoms with E-state index in [0.29, 0.717) is 19.4 Å². The molecule has 7 heteroatoms. The van der Waals surface area contributed by atoms with Gasteiger partial charge in [0, 0.05) is 19.0 Å². The molecule has 7 nitrogen and oxygen atoms in total. The van der Waals surface area contributed by atoms with Gasteiger partial charge < -0.3 is 19.7 Å². The van der Waals surface area contributed by atoms with E-state index >= 15 is 0 Å². The summed E-state index contributed by atoms with van der Waals surface area (Å²) < 4.78 is 10.7. The van der Waals surface area contributed by atoms with E-state index in [4.69, 9.17) is 9.47 Å². The summed E-state index contributed by atoms with van der Waals surface area (Å²) in [6.45, 7) is 2.47. The fourth-order valence-corrected chi connectivity index (χ4v) is 3.68. The van der Waals surface area contributed by atoms with Crippen LogP contribution in [0.3, 0.4) is 0 Å². The van der Waals surface area contributed by atoms with Crippen molar-refractivity contribution in [3.63, 3.8) is 0 Å². The van der Waals surface area contributed by atoms with E-state index in [1.165, 1.54) is 6.92 Å². The van der Waals surface area contributed by atoms with Gasteiger partial charge in [-0.05, 0) is 30.9 Å². The van der Waals surface area contributed by atoms with E-state index < -0.39 is 18.2 Å². The molecule has 2 aromatic rings. The van der Waals surface area contributed by atoms with Gasteiger partial charge in [-0.1, -0.05) is 60.7 Å². The second-order valence-corrected chi connectivity index (χ2v) is 7.66. The Hall–Kier alpha value is -3.35. The highest BCUT2D eigenvalue weighted by Crippen LogP contribution is 2.20. The topological polar surface area (TPSA) is 84.9 Å². The number of likely N-dealkylation sites (tertiary alicyclic amines) is 1. The lowest BCUT2D eigenvalue weighted by Crippen LogP contribution is -2.49. The molecule has 31 heavy (non-hydrogen) atoms. The van der Waals surface area contributed by atoms with Crippen molar-refractivity contribution in [1.29, 1.82) is 0 Å². The molecule has 1 fully saturated rings. The molecule has 164 valence electrons. The number of benzene rings is 2. The van der Waals surface area contributed by atoms with Crippen LogP contribution >= 0.6 is 0 Å². The number of nitrogens with zero attached hydrogens (tertiary/aromatic N) is 1. The maximum atomic E-state index is 12.6. The second kappa shape index (κ2) is 11.2. The normalized spacial score (nSPS) is 18.5. The Labute approximate surface area is 182 Å². The summed E-state index contributed by atoms with van der Waals surface area (Å²) in [6, 6.07) is 18.2. The fraction of sp³-hybridized carbons (Fsp3) is 0.375. The van der Waals surface area contributed by atoms with Crippen LogP contribution in [-0.4, -0.2) is 42.0 Å². The molecule has 2 unspecified atom stereocenters. The summed E-state index contributed by atoms with van der Waals surface area (Å²) in [7, 11) is 0. The smallest absolute Gasteiger partial charge is 0.410 e. The van der Waals surface area contributed by atoms with Crippen molar-refractivity contribution in [2.75, 3.05) is 13.1 Å². The maximum absolute atomic E-state index is 12.6. The Balaban J connectivity index is 1.59. The van der Waals surface area contributed by atoms with Gasteiger partial charge >= 0.3 is 12.2 Å². The van der Waals surface area contributed by atoms with Crippen molar-refractivity contribution in [2.45, 2.75) is 39.0 Å². The average Bonchev–Trinajstić information content (AvgIpc) is 3.00. The molecule has 1 aliphatic rings. The van der Waals surface area contributed by atoms with E-state index in [2.05, 4.69) is 5.32 Å². The Morgan fingerprint density at radius 2 is 1.52 bits per heavy atom. The lowest BCUT2D eigenvalue weighted by molar-refractivity contribution is -0.121. The first-order valence-electron chi connectivity index (χ1n) is 10.5. The van der Waals surface area contributed by atoms with Gasteiger partial charge in [0.05, 0.1) is 6.04 Å². The maximum Gasteiger partial charge on any atom is 0.410 e. The lowest BCUT2D eigenvalue weighted by atomic mass is 9.92. The van der Waals surface area contributed by atoms with Crippen LogP contribution in [0, 0.1) is 5.92 Å². The number of rotatable bonds is 6. The van der Waals surface area contributed by atoms with Crippen LogP contribution in [0.5, 0.6) is 0 Å². The molecule has 3 rings (SSSR count). The highest BCUT2D eigenvalue weighted by atomic mass is 16.6. The van der Waals surface area contributed by atoms with Crippen LogP contribution in [0.4, 0.5) is 9.59 Å². The number of alkyl carbamates (subject to hydrolysis) is 1. The minimum Gasteiger partial charge on any atom is -0.445 e. The average molecular weight is 424 g/mol. The molecule has 1 aliphatic heterocycles. The van der Waals surface area contributed by atoms with Gasteiger partial charge in [-0.3, -0.25) is 4.79 Å². The highest BCUT2D eigenvalue weighted by molar-refractivity contribution is 5.80. The van der Waals surface area contributed by atoms with E-state index in [1.54, 1.807) is 4.90 Å². The largest absolute Gasteiger partial charge is 0.445 e. The third-order valence-corrected chi connectivity index (χ3v) is 5.35. The molecule has 2 aromatic carbocycles. The molecule has 2 amide bonds. The Morgan fingerprint density at radius 3 is 2.10 bits per heavy atom. The predicted molar refractivity (Wildman–Crippen MR) is 115 cm³/mol. The third kappa shape index (κ3) is 6.84. The van der Waals surface area contributed by atoms with Crippen molar-refractivity contribution in [1.82, 2.24) is 10.2 Å². The molecule has 0 bridgehead atoms. The van der Waals surface area contributed by atoms with E-state index in [-0.39, 0.29) is 31.5 Å². The zero-order chi connectivity index (χ0) is 22.1. The molecule has 0 spiro atoms. The Kier molecular flexibility index (Phi) is 8.04. The molecular formula is C24H28N2O5. The number of hydrogen-bond donors (Lipinski definition) is 1. The van der Waals surface area contributed by atoms with Crippen molar-refractivity contribution in [3.8, 4) is 0 Å². The lowest BCUT2D eigenvalue weighted by Gasteiger charge is -2.27. The SMILES string of the molecule is CC(=O)C1CCCN(C(=O)OCc2ccccc2)CC1NC(=O)OCc1ccccc1. The number of ketones is 1. The first-order valence-corrected chi connectivity index (χ1v) is 10.5. The molecule has 1 saturated heterocycles. The molecular weight excluding hydrogens is 396 g/mol. The number of carbonyl (C=O) groups is 3. The number of ether oxygens (including phenoxy) is 2. The van der Waals surface area contributed by atoms with Crippen LogP contribution in [0.1, 0.15) is 30.9 Å². The monoisotopic (exact) mass is 424 g/mol. The number of amides is 2. The van der Waals surface area contributed by atoms with Crippen molar-refractivity contribution < 1.29 is 23.9 Å².